The number of carbonyl (C=O) groups excluding carboxylic acids is 1. The molecule has 30 heavy (non-hydrogen) atoms. The van der Waals surface area contributed by atoms with Crippen LogP contribution in [0.3, 0.4) is 0 Å². The van der Waals surface area contributed by atoms with E-state index in [9.17, 15) is 10.1 Å². The molecule has 1 N–H and O–H groups in total. The van der Waals surface area contributed by atoms with Crippen molar-refractivity contribution >= 4 is 30.1 Å². The number of nitrogens with zero attached hydrogens (tertiary/aromatic N) is 4. The Morgan fingerprint density at radius 1 is 1.33 bits per heavy atom. The number of ether oxygens (including phenoxy) is 1. The SMILES string of the molecule is C=Nc1c(C#N)ccc(N2CCC(C(=O)NCCN3CCOCC3)CC2)c1/C=C\C. The zero-order valence-electron chi connectivity index (χ0n) is 17.8. The van der Waals surface area contributed by atoms with E-state index in [2.05, 4.69) is 32.9 Å². The molecular weight excluding hydrogens is 378 g/mol. The summed E-state index contributed by atoms with van der Waals surface area (Å²) in [6.07, 6.45) is 5.55. The monoisotopic (exact) mass is 409 g/mol. The lowest BCUT2D eigenvalue weighted by atomic mass is 9.94. The first-order valence-electron chi connectivity index (χ1n) is 10.7. The van der Waals surface area contributed by atoms with Gasteiger partial charge in [0, 0.05) is 56.4 Å². The Hall–Kier alpha value is -2.69. The van der Waals surface area contributed by atoms with Crippen LogP contribution < -0.4 is 10.2 Å². The van der Waals surface area contributed by atoms with Gasteiger partial charge in [0.1, 0.15) is 6.07 Å². The van der Waals surface area contributed by atoms with Gasteiger partial charge in [-0.15, -0.1) is 0 Å². The van der Waals surface area contributed by atoms with Crippen LogP contribution in [0.4, 0.5) is 11.4 Å². The summed E-state index contributed by atoms with van der Waals surface area (Å²) in [6.45, 7) is 12.2. The van der Waals surface area contributed by atoms with E-state index in [1.807, 2.05) is 25.1 Å². The van der Waals surface area contributed by atoms with E-state index in [1.165, 1.54) is 0 Å². The lowest BCUT2D eigenvalue weighted by Gasteiger charge is -2.34. The molecule has 1 aromatic rings. The number of morpholine rings is 1. The van der Waals surface area contributed by atoms with Crippen molar-refractivity contribution in [1.29, 1.82) is 5.26 Å². The molecule has 2 aliphatic heterocycles. The number of hydrogen-bond donors (Lipinski definition) is 1. The Labute approximate surface area is 179 Å². The third-order valence-corrected chi connectivity index (χ3v) is 5.84. The highest BCUT2D eigenvalue weighted by Gasteiger charge is 2.26. The first kappa shape index (κ1) is 22.0. The van der Waals surface area contributed by atoms with Gasteiger partial charge in [0.15, 0.2) is 0 Å². The molecule has 7 heteroatoms. The molecule has 1 amide bonds. The van der Waals surface area contributed by atoms with Crippen molar-refractivity contribution in [2.24, 2.45) is 10.9 Å². The number of piperidine rings is 1. The molecule has 0 spiro atoms. The molecule has 2 heterocycles. The van der Waals surface area contributed by atoms with Gasteiger partial charge in [-0.2, -0.15) is 5.26 Å². The molecule has 0 saturated carbocycles. The molecule has 0 radical (unpaired) electrons. The molecule has 0 bridgehead atoms. The number of rotatable bonds is 7. The lowest BCUT2D eigenvalue weighted by Crippen LogP contribution is -2.44. The molecule has 7 nitrogen and oxygen atoms in total. The summed E-state index contributed by atoms with van der Waals surface area (Å²) in [5.41, 5.74) is 3.10. The van der Waals surface area contributed by atoms with Crippen LogP contribution in [0.25, 0.3) is 6.08 Å². The maximum atomic E-state index is 12.6. The van der Waals surface area contributed by atoms with Crippen molar-refractivity contribution in [3.05, 3.63) is 29.3 Å². The van der Waals surface area contributed by atoms with E-state index in [1.54, 1.807) is 6.07 Å². The molecule has 0 aliphatic carbocycles. The predicted molar refractivity (Wildman–Crippen MR) is 120 cm³/mol. The third kappa shape index (κ3) is 5.26. The van der Waals surface area contributed by atoms with Crippen molar-refractivity contribution in [1.82, 2.24) is 10.2 Å². The number of benzene rings is 1. The topological polar surface area (TPSA) is 81.0 Å². The van der Waals surface area contributed by atoms with Crippen LogP contribution in [0.15, 0.2) is 23.2 Å². The number of hydrogen-bond acceptors (Lipinski definition) is 6. The second-order valence-corrected chi connectivity index (χ2v) is 7.67. The largest absolute Gasteiger partial charge is 0.379 e. The van der Waals surface area contributed by atoms with Crippen molar-refractivity contribution in [2.45, 2.75) is 19.8 Å². The van der Waals surface area contributed by atoms with Crippen molar-refractivity contribution in [3.63, 3.8) is 0 Å². The first-order chi connectivity index (χ1) is 14.7. The second-order valence-electron chi connectivity index (χ2n) is 7.67. The van der Waals surface area contributed by atoms with Crippen molar-refractivity contribution < 1.29 is 9.53 Å². The zero-order chi connectivity index (χ0) is 21.3. The van der Waals surface area contributed by atoms with Gasteiger partial charge in [-0.3, -0.25) is 14.7 Å². The van der Waals surface area contributed by atoms with E-state index in [0.29, 0.717) is 17.8 Å². The van der Waals surface area contributed by atoms with Crippen LogP contribution in [-0.2, 0) is 9.53 Å². The van der Waals surface area contributed by atoms with Gasteiger partial charge < -0.3 is 15.0 Å². The van der Waals surface area contributed by atoms with Crippen LogP contribution in [0.1, 0.15) is 30.9 Å². The van der Waals surface area contributed by atoms with E-state index in [4.69, 9.17) is 4.74 Å². The van der Waals surface area contributed by atoms with Gasteiger partial charge in [0.2, 0.25) is 5.91 Å². The van der Waals surface area contributed by atoms with Gasteiger partial charge >= 0.3 is 0 Å². The fourth-order valence-corrected chi connectivity index (χ4v) is 4.15. The maximum Gasteiger partial charge on any atom is 0.223 e. The van der Waals surface area contributed by atoms with Crippen LogP contribution in [-0.4, -0.2) is 70.0 Å². The van der Waals surface area contributed by atoms with Gasteiger partial charge in [-0.25, -0.2) is 0 Å². The average molecular weight is 410 g/mol. The maximum absolute atomic E-state index is 12.6. The highest BCUT2D eigenvalue weighted by molar-refractivity contribution is 5.82. The van der Waals surface area contributed by atoms with Crippen LogP contribution >= 0.6 is 0 Å². The molecule has 3 rings (SSSR count). The Morgan fingerprint density at radius 2 is 2.07 bits per heavy atom. The number of allylic oxidation sites excluding steroid dienone is 1. The van der Waals surface area contributed by atoms with Gasteiger partial charge in [0.25, 0.3) is 0 Å². The number of carbonyl (C=O) groups is 1. The summed E-state index contributed by atoms with van der Waals surface area (Å²) in [5, 5.41) is 12.5. The Balaban J connectivity index is 1.56. The summed E-state index contributed by atoms with van der Waals surface area (Å²) in [4.78, 5) is 21.3. The van der Waals surface area contributed by atoms with E-state index in [-0.39, 0.29) is 11.8 Å². The quantitative estimate of drug-likeness (QED) is 0.700. The van der Waals surface area contributed by atoms with Crippen LogP contribution in [0.2, 0.25) is 0 Å². The fourth-order valence-electron chi connectivity index (χ4n) is 4.15. The summed E-state index contributed by atoms with van der Waals surface area (Å²) < 4.78 is 5.36. The van der Waals surface area contributed by atoms with Gasteiger partial charge in [-0.05, 0) is 38.6 Å². The van der Waals surface area contributed by atoms with Crippen LogP contribution in [0, 0.1) is 17.2 Å². The number of nitrogens with one attached hydrogen (secondary N) is 1. The lowest BCUT2D eigenvalue weighted by molar-refractivity contribution is -0.125. The normalized spacial score (nSPS) is 18.3. The second kappa shape index (κ2) is 10.9. The van der Waals surface area contributed by atoms with Crippen molar-refractivity contribution in [3.8, 4) is 6.07 Å². The highest BCUT2D eigenvalue weighted by Crippen LogP contribution is 2.35. The average Bonchev–Trinajstić information content (AvgIpc) is 2.79. The summed E-state index contributed by atoms with van der Waals surface area (Å²) in [5.74, 6) is 0.205. The molecular formula is C23H31N5O2. The van der Waals surface area contributed by atoms with Crippen LogP contribution in [0.5, 0.6) is 0 Å². The smallest absolute Gasteiger partial charge is 0.223 e. The Bertz CT molecular complexity index is 816. The van der Waals surface area contributed by atoms with E-state index < -0.39 is 0 Å². The molecule has 2 aliphatic rings. The summed E-state index contributed by atoms with van der Waals surface area (Å²) >= 11 is 0. The Morgan fingerprint density at radius 3 is 2.70 bits per heavy atom. The third-order valence-electron chi connectivity index (χ3n) is 5.84. The zero-order valence-corrected chi connectivity index (χ0v) is 17.8. The molecule has 2 saturated heterocycles. The predicted octanol–water partition coefficient (Wildman–Crippen LogP) is 2.59. The summed E-state index contributed by atoms with van der Waals surface area (Å²) in [6, 6.07) is 5.97. The van der Waals surface area contributed by atoms with E-state index in [0.717, 1.165) is 70.0 Å². The minimum Gasteiger partial charge on any atom is -0.379 e. The minimum atomic E-state index is 0.0477. The highest BCUT2D eigenvalue weighted by atomic mass is 16.5. The number of nitriles is 1. The fraction of sp³-hybridized carbons (Fsp3) is 0.522. The standard InChI is InChI=1S/C23H31N5O2/c1-3-4-20-21(6-5-19(17-24)22(20)25-2)28-10-7-18(8-11-28)23(29)26-9-12-27-13-15-30-16-14-27/h3-6,18H,2,7-16H2,1H3,(H,26,29)/b4-3-. The molecule has 1 aromatic carbocycles. The van der Waals surface area contributed by atoms with Gasteiger partial charge in [0.05, 0.1) is 24.5 Å². The Kier molecular flexibility index (Phi) is 8.00. The molecule has 2 fully saturated rings. The molecule has 160 valence electrons. The number of anilines is 1. The van der Waals surface area contributed by atoms with E-state index >= 15 is 0 Å². The number of aliphatic imine (C=N–C) groups is 1. The molecule has 0 unspecified atom stereocenters. The molecule has 0 aromatic heterocycles. The number of amides is 1. The first-order valence-corrected chi connectivity index (χ1v) is 10.7. The summed E-state index contributed by atoms with van der Waals surface area (Å²) in [7, 11) is 0. The van der Waals surface area contributed by atoms with Crippen molar-refractivity contribution in [2.75, 3.05) is 57.4 Å². The molecule has 0 atom stereocenters. The minimum absolute atomic E-state index is 0.0477. The van der Waals surface area contributed by atoms with Gasteiger partial charge in [-0.1, -0.05) is 12.2 Å².